The summed E-state index contributed by atoms with van der Waals surface area (Å²) in [6, 6.07) is 2.01. The van der Waals surface area contributed by atoms with Crippen LogP contribution < -0.4 is 0 Å². The van der Waals surface area contributed by atoms with Crippen molar-refractivity contribution in [1.82, 2.24) is 19.4 Å². The number of imidazole rings is 1. The number of hydrogen-bond acceptors (Lipinski definition) is 4. The molecule has 4 heterocycles. The van der Waals surface area contributed by atoms with Crippen LogP contribution in [0.2, 0.25) is 0 Å². The minimum absolute atomic E-state index is 0.163. The summed E-state index contributed by atoms with van der Waals surface area (Å²) in [4.78, 5) is 33.0. The molecule has 25 heavy (non-hydrogen) atoms. The van der Waals surface area contributed by atoms with Gasteiger partial charge < -0.3 is 14.4 Å². The lowest BCUT2D eigenvalue weighted by atomic mass is 10.2. The third kappa shape index (κ3) is 3.46. The van der Waals surface area contributed by atoms with Gasteiger partial charge in [-0.05, 0) is 35.2 Å². The second-order valence-corrected chi connectivity index (χ2v) is 7.51. The summed E-state index contributed by atoms with van der Waals surface area (Å²) in [5.41, 5.74) is 3.09. The van der Waals surface area contributed by atoms with E-state index in [2.05, 4.69) is 9.55 Å². The number of fused-ring (bicyclic) bond motifs is 1. The van der Waals surface area contributed by atoms with Crippen molar-refractivity contribution in [3.63, 3.8) is 0 Å². The molecule has 1 fully saturated rings. The largest absolute Gasteiger partial charge is 0.337 e. The van der Waals surface area contributed by atoms with E-state index >= 15 is 0 Å². The lowest BCUT2D eigenvalue weighted by molar-refractivity contribution is -0.131. The van der Waals surface area contributed by atoms with Crippen molar-refractivity contribution >= 4 is 23.2 Å². The van der Waals surface area contributed by atoms with Crippen molar-refractivity contribution in [2.24, 2.45) is 0 Å². The molecule has 2 aliphatic heterocycles. The zero-order valence-electron chi connectivity index (χ0n) is 14.2. The quantitative estimate of drug-likeness (QED) is 0.840. The van der Waals surface area contributed by atoms with Gasteiger partial charge in [0.1, 0.15) is 0 Å². The van der Waals surface area contributed by atoms with Crippen LogP contribution >= 0.6 is 11.3 Å². The van der Waals surface area contributed by atoms with Crippen LogP contribution in [0.25, 0.3) is 0 Å². The van der Waals surface area contributed by atoms with Gasteiger partial charge in [0.15, 0.2) is 0 Å². The molecule has 6 nitrogen and oxygen atoms in total. The first-order chi connectivity index (χ1) is 12.2. The number of likely N-dealkylation sites (tertiary alicyclic amines) is 1. The summed E-state index contributed by atoms with van der Waals surface area (Å²) in [5, 5.41) is 4.04. The Kier molecular flexibility index (Phi) is 4.57. The summed E-state index contributed by atoms with van der Waals surface area (Å²) in [6.07, 6.45) is 4.82. The molecule has 0 radical (unpaired) electrons. The van der Waals surface area contributed by atoms with Gasteiger partial charge in [-0.25, -0.2) is 4.98 Å². The normalized spacial score (nSPS) is 17.7. The first-order valence-corrected chi connectivity index (χ1v) is 9.74. The van der Waals surface area contributed by atoms with E-state index in [1.54, 1.807) is 11.3 Å². The molecule has 1 saturated heterocycles. The molecule has 7 heteroatoms. The van der Waals surface area contributed by atoms with Crippen LogP contribution in [-0.2, 0) is 35.6 Å². The molecule has 0 atom stereocenters. The third-order valence-electron chi connectivity index (χ3n) is 5.00. The van der Waals surface area contributed by atoms with Gasteiger partial charge in [-0.15, -0.1) is 0 Å². The smallest absolute Gasteiger partial charge is 0.227 e. The molecule has 2 amide bonds. The van der Waals surface area contributed by atoms with Crippen LogP contribution in [0.3, 0.4) is 0 Å². The molecular weight excluding hydrogens is 336 g/mol. The van der Waals surface area contributed by atoms with Gasteiger partial charge in [0.05, 0.1) is 37.2 Å². The van der Waals surface area contributed by atoms with E-state index in [1.165, 1.54) is 0 Å². The average molecular weight is 358 g/mol. The van der Waals surface area contributed by atoms with Crippen LogP contribution in [0, 0.1) is 0 Å². The van der Waals surface area contributed by atoms with Crippen molar-refractivity contribution in [2.45, 2.75) is 45.3 Å². The van der Waals surface area contributed by atoms with Gasteiger partial charge in [0, 0.05) is 26.1 Å². The number of rotatable bonds is 4. The molecule has 0 aliphatic carbocycles. The Balaban J connectivity index is 1.50. The average Bonchev–Trinajstić information content (AvgIpc) is 3.29. The van der Waals surface area contributed by atoms with Crippen molar-refractivity contribution in [3.05, 3.63) is 40.1 Å². The molecule has 0 aromatic carbocycles. The van der Waals surface area contributed by atoms with Gasteiger partial charge in [-0.2, -0.15) is 11.3 Å². The van der Waals surface area contributed by atoms with Crippen molar-refractivity contribution in [2.75, 3.05) is 13.1 Å². The molecule has 132 valence electrons. The van der Waals surface area contributed by atoms with Gasteiger partial charge in [0.25, 0.3) is 0 Å². The molecule has 2 aliphatic rings. The fourth-order valence-electron chi connectivity index (χ4n) is 3.59. The summed E-state index contributed by atoms with van der Waals surface area (Å²) >= 11 is 1.62. The van der Waals surface area contributed by atoms with Gasteiger partial charge in [-0.3, -0.25) is 9.59 Å². The number of amides is 2. The summed E-state index contributed by atoms with van der Waals surface area (Å²) < 4.78 is 2.15. The lowest BCUT2D eigenvalue weighted by Gasteiger charge is -2.21. The molecule has 4 rings (SSSR count). The molecule has 0 N–H and O–H groups in total. The minimum Gasteiger partial charge on any atom is -0.337 e. The monoisotopic (exact) mass is 358 g/mol. The molecule has 2 aromatic rings. The Hall–Kier alpha value is -2.15. The summed E-state index contributed by atoms with van der Waals surface area (Å²) in [7, 11) is 0. The molecule has 0 spiro atoms. The highest BCUT2D eigenvalue weighted by atomic mass is 32.1. The Labute approximate surface area is 151 Å². The molecule has 0 unspecified atom stereocenters. The zero-order valence-corrected chi connectivity index (χ0v) is 15.0. The molecular formula is C18H22N4O2S. The number of thiophene rings is 1. The van der Waals surface area contributed by atoms with Gasteiger partial charge in [0.2, 0.25) is 11.8 Å². The third-order valence-corrected chi connectivity index (χ3v) is 5.73. The van der Waals surface area contributed by atoms with Crippen molar-refractivity contribution < 1.29 is 9.59 Å². The Morgan fingerprint density at radius 2 is 2.16 bits per heavy atom. The predicted molar refractivity (Wildman–Crippen MR) is 94.9 cm³/mol. The molecule has 0 bridgehead atoms. The highest BCUT2D eigenvalue weighted by molar-refractivity contribution is 7.08. The maximum Gasteiger partial charge on any atom is 0.227 e. The van der Waals surface area contributed by atoms with Crippen molar-refractivity contribution in [1.29, 1.82) is 0 Å². The Bertz CT molecular complexity index is 768. The minimum atomic E-state index is 0.163. The SMILES string of the molecule is O=C1CCCN1Cc1ncn2c1CN(C(=O)Cc1ccsc1)CCC2. The molecule has 2 aromatic heterocycles. The first-order valence-electron chi connectivity index (χ1n) is 8.80. The van der Waals surface area contributed by atoms with E-state index in [1.807, 2.05) is 33.0 Å². The number of hydrogen-bond donors (Lipinski definition) is 0. The van der Waals surface area contributed by atoms with Gasteiger partial charge >= 0.3 is 0 Å². The number of aryl methyl sites for hydroxylation is 1. The maximum atomic E-state index is 12.7. The van der Waals surface area contributed by atoms with Crippen LogP contribution in [0.1, 0.15) is 36.2 Å². The van der Waals surface area contributed by atoms with Crippen LogP contribution in [-0.4, -0.2) is 44.3 Å². The Morgan fingerprint density at radius 1 is 1.24 bits per heavy atom. The van der Waals surface area contributed by atoms with E-state index in [9.17, 15) is 9.59 Å². The molecule has 0 saturated carbocycles. The fourth-order valence-corrected chi connectivity index (χ4v) is 4.26. The van der Waals surface area contributed by atoms with Crippen LogP contribution in [0.5, 0.6) is 0 Å². The van der Waals surface area contributed by atoms with E-state index in [0.717, 1.165) is 49.4 Å². The maximum absolute atomic E-state index is 12.7. The van der Waals surface area contributed by atoms with E-state index in [0.29, 0.717) is 25.9 Å². The second-order valence-electron chi connectivity index (χ2n) is 6.73. The standard InChI is InChI=1S/C18H22N4O2S/c23-17-3-1-5-20(17)10-15-16-11-21(6-2-7-22(16)13-19-15)18(24)9-14-4-8-25-12-14/h4,8,12-13H,1-3,5-7,9-11H2. The number of aromatic nitrogens is 2. The van der Waals surface area contributed by atoms with E-state index < -0.39 is 0 Å². The van der Waals surface area contributed by atoms with Crippen molar-refractivity contribution in [3.8, 4) is 0 Å². The topological polar surface area (TPSA) is 58.4 Å². The lowest BCUT2D eigenvalue weighted by Crippen LogP contribution is -2.32. The number of carbonyl (C=O) groups is 2. The van der Waals surface area contributed by atoms with Gasteiger partial charge in [-0.1, -0.05) is 0 Å². The Morgan fingerprint density at radius 3 is 2.92 bits per heavy atom. The second kappa shape index (κ2) is 7.00. The zero-order chi connectivity index (χ0) is 17.2. The fraction of sp³-hybridized carbons (Fsp3) is 0.500. The summed E-state index contributed by atoms with van der Waals surface area (Å²) in [5.74, 6) is 0.372. The number of carbonyl (C=O) groups excluding carboxylic acids is 2. The first kappa shape index (κ1) is 16.3. The van der Waals surface area contributed by atoms with E-state index in [4.69, 9.17) is 0 Å². The van der Waals surface area contributed by atoms with Crippen LogP contribution in [0.4, 0.5) is 0 Å². The number of nitrogens with zero attached hydrogens (tertiary/aromatic N) is 4. The highest BCUT2D eigenvalue weighted by Gasteiger charge is 2.26. The summed E-state index contributed by atoms with van der Waals surface area (Å²) in [6.45, 7) is 3.60. The highest BCUT2D eigenvalue weighted by Crippen LogP contribution is 2.21. The van der Waals surface area contributed by atoms with E-state index in [-0.39, 0.29) is 11.8 Å². The van der Waals surface area contributed by atoms with Crippen LogP contribution in [0.15, 0.2) is 23.2 Å². The predicted octanol–water partition coefficient (Wildman–Crippen LogP) is 2.04.